The van der Waals surface area contributed by atoms with Gasteiger partial charge in [-0.3, -0.25) is 9.36 Å². The Hall–Kier alpha value is -1.83. The van der Waals surface area contributed by atoms with Crippen molar-refractivity contribution >= 4 is 5.82 Å². The number of halogens is 1. The fourth-order valence-electron chi connectivity index (χ4n) is 0.802. The van der Waals surface area contributed by atoms with Crippen LogP contribution in [0.3, 0.4) is 0 Å². The normalized spacial score (nSPS) is 9.42. The molecule has 1 aromatic heterocycles. The van der Waals surface area contributed by atoms with E-state index in [0.29, 0.717) is 0 Å². The molecule has 0 aliphatic carbocycles. The molecule has 0 amide bonds. The average Bonchev–Trinajstić information content (AvgIpc) is 2.08. The lowest BCUT2D eigenvalue weighted by Gasteiger charge is -2.03. The number of anilines is 1. The quantitative estimate of drug-likeness (QED) is 0.590. The van der Waals surface area contributed by atoms with Crippen LogP contribution in [0.25, 0.3) is 0 Å². The summed E-state index contributed by atoms with van der Waals surface area (Å²) in [6, 6.07) is 2.51. The van der Waals surface area contributed by atoms with Gasteiger partial charge in [-0.1, -0.05) is 0 Å². The van der Waals surface area contributed by atoms with Gasteiger partial charge in [0.2, 0.25) is 0 Å². The summed E-state index contributed by atoms with van der Waals surface area (Å²) in [6.07, 6.45) is 0. The maximum atomic E-state index is 12.7. The Kier molecular flexibility index (Phi) is 1.83. The van der Waals surface area contributed by atoms with Crippen molar-refractivity contribution in [3.8, 4) is 6.07 Å². The van der Waals surface area contributed by atoms with Crippen molar-refractivity contribution in [2.75, 3.05) is 5.73 Å². The molecule has 5 heteroatoms. The van der Waals surface area contributed by atoms with Gasteiger partial charge in [0.25, 0.3) is 5.56 Å². The van der Waals surface area contributed by atoms with Crippen LogP contribution in [0, 0.1) is 17.1 Å². The van der Waals surface area contributed by atoms with Crippen LogP contribution in [-0.4, -0.2) is 4.57 Å². The van der Waals surface area contributed by atoms with Gasteiger partial charge in [-0.05, 0) is 0 Å². The van der Waals surface area contributed by atoms with Crippen LogP contribution < -0.4 is 11.3 Å². The summed E-state index contributed by atoms with van der Waals surface area (Å²) < 4.78 is 13.6. The highest BCUT2D eigenvalue weighted by Gasteiger charge is 2.08. The zero-order chi connectivity index (χ0) is 9.30. The van der Waals surface area contributed by atoms with Crippen LogP contribution >= 0.6 is 0 Å². The molecule has 62 valence electrons. The number of rotatable bonds is 0. The molecule has 12 heavy (non-hydrogen) atoms. The molecule has 0 atom stereocenters. The van der Waals surface area contributed by atoms with Crippen LogP contribution in [0.2, 0.25) is 0 Å². The topological polar surface area (TPSA) is 71.8 Å². The van der Waals surface area contributed by atoms with Gasteiger partial charge in [-0.25, -0.2) is 4.39 Å². The number of nitrogens with two attached hydrogens (primary N) is 1. The lowest BCUT2D eigenvalue weighted by molar-refractivity contribution is 0.592. The molecule has 0 fully saturated rings. The Morgan fingerprint density at radius 2 is 2.33 bits per heavy atom. The van der Waals surface area contributed by atoms with Gasteiger partial charge in [-0.15, -0.1) is 0 Å². The monoisotopic (exact) mass is 167 g/mol. The average molecular weight is 167 g/mol. The van der Waals surface area contributed by atoms with E-state index < -0.39 is 11.4 Å². The summed E-state index contributed by atoms with van der Waals surface area (Å²) in [4.78, 5) is 10.9. The maximum Gasteiger partial charge on any atom is 0.287 e. The van der Waals surface area contributed by atoms with Gasteiger partial charge in [0.15, 0.2) is 5.82 Å². The maximum absolute atomic E-state index is 12.7. The van der Waals surface area contributed by atoms with Crippen molar-refractivity contribution in [3.05, 3.63) is 27.8 Å². The Labute approximate surface area is 67.7 Å². The van der Waals surface area contributed by atoms with Crippen molar-refractivity contribution in [1.82, 2.24) is 4.57 Å². The smallest absolute Gasteiger partial charge is 0.287 e. The van der Waals surface area contributed by atoms with Crippen LogP contribution in [0.4, 0.5) is 10.2 Å². The number of pyridine rings is 1. The summed E-state index contributed by atoms with van der Waals surface area (Å²) >= 11 is 0. The van der Waals surface area contributed by atoms with E-state index in [2.05, 4.69) is 0 Å². The van der Waals surface area contributed by atoms with Crippen molar-refractivity contribution < 1.29 is 4.39 Å². The van der Waals surface area contributed by atoms with E-state index in [1.54, 1.807) is 6.07 Å². The second kappa shape index (κ2) is 2.66. The lowest BCUT2D eigenvalue weighted by atomic mass is 10.3. The second-order valence-electron chi connectivity index (χ2n) is 2.27. The third-order valence-corrected chi connectivity index (χ3v) is 1.54. The third-order valence-electron chi connectivity index (χ3n) is 1.54. The highest BCUT2D eigenvalue weighted by atomic mass is 19.1. The molecule has 0 aliphatic rings. The molecule has 4 nitrogen and oxygen atoms in total. The van der Waals surface area contributed by atoms with Crippen molar-refractivity contribution in [1.29, 1.82) is 5.26 Å². The number of nitrogens with zero attached hydrogens (tertiary/aromatic N) is 2. The van der Waals surface area contributed by atoms with E-state index in [0.717, 1.165) is 10.6 Å². The van der Waals surface area contributed by atoms with Gasteiger partial charge < -0.3 is 5.73 Å². The number of hydrogen-bond acceptors (Lipinski definition) is 3. The first-order valence-electron chi connectivity index (χ1n) is 3.13. The van der Waals surface area contributed by atoms with Crippen LogP contribution in [-0.2, 0) is 7.05 Å². The molecule has 0 aliphatic heterocycles. The highest BCUT2D eigenvalue weighted by molar-refractivity contribution is 5.48. The molecular weight excluding hydrogens is 161 g/mol. The molecule has 0 saturated heterocycles. The Morgan fingerprint density at radius 3 is 2.83 bits per heavy atom. The summed E-state index contributed by atoms with van der Waals surface area (Å²) in [5, 5.41) is 8.45. The molecule has 0 spiro atoms. The number of hydrogen-bond donors (Lipinski definition) is 1. The standard InChI is InChI=1S/C7H6FN3O/c1-11-6(10)4(3-9)2-5(8)7(11)12/h2H,10H2,1H3. The van der Waals surface area contributed by atoms with Crippen molar-refractivity contribution in [2.24, 2.45) is 7.05 Å². The van der Waals surface area contributed by atoms with E-state index in [1.807, 2.05) is 0 Å². The van der Waals surface area contributed by atoms with E-state index in [4.69, 9.17) is 11.0 Å². The second-order valence-corrected chi connectivity index (χ2v) is 2.27. The Balaban J connectivity index is 3.64. The van der Waals surface area contributed by atoms with Crippen LogP contribution in [0.1, 0.15) is 5.56 Å². The van der Waals surface area contributed by atoms with Crippen LogP contribution in [0.5, 0.6) is 0 Å². The molecule has 0 unspecified atom stereocenters. The summed E-state index contributed by atoms with van der Waals surface area (Å²) in [5.74, 6) is -0.993. The third kappa shape index (κ3) is 1.03. The first-order valence-corrected chi connectivity index (χ1v) is 3.13. The van der Waals surface area contributed by atoms with E-state index >= 15 is 0 Å². The molecule has 1 rings (SSSR count). The van der Waals surface area contributed by atoms with Gasteiger partial charge in [0.1, 0.15) is 11.9 Å². The predicted molar refractivity (Wildman–Crippen MR) is 40.8 cm³/mol. The van der Waals surface area contributed by atoms with Gasteiger partial charge in [0, 0.05) is 13.1 Å². The molecule has 1 aromatic rings. The molecular formula is C7H6FN3O. The number of nitriles is 1. The zero-order valence-corrected chi connectivity index (χ0v) is 6.34. The first-order chi connectivity index (χ1) is 5.57. The number of nitrogen functional groups attached to an aromatic ring is 1. The lowest BCUT2D eigenvalue weighted by Crippen LogP contribution is -2.23. The minimum atomic E-state index is -0.969. The fourth-order valence-corrected chi connectivity index (χ4v) is 0.802. The highest BCUT2D eigenvalue weighted by Crippen LogP contribution is 2.06. The summed E-state index contributed by atoms with van der Waals surface area (Å²) in [5.41, 5.74) is 4.48. The molecule has 2 N–H and O–H groups in total. The predicted octanol–water partition coefficient (Wildman–Crippen LogP) is -0.0217. The van der Waals surface area contributed by atoms with Crippen molar-refractivity contribution in [3.63, 3.8) is 0 Å². The minimum absolute atomic E-state index is 0.0242. The van der Waals surface area contributed by atoms with Gasteiger partial charge in [-0.2, -0.15) is 5.26 Å². The van der Waals surface area contributed by atoms with Gasteiger partial charge in [0.05, 0.1) is 5.56 Å². The molecule has 0 saturated carbocycles. The van der Waals surface area contributed by atoms with E-state index in [9.17, 15) is 9.18 Å². The largest absolute Gasteiger partial charge is 0.384 e. The summed E-state index contributed by atoms with van der Waals surface area (Å²) in [6.45, 7) is 0. The van der Waals surface area contributed by atoms with E-state index in [-0.39, 0.29) is 11.4 Å². The zero-order valence-electron chi connectivity index (χ0n) is 6.34. The molecule has 0 aromatic carbocycles. The summed E-state index contributed by atoms with van der Waals surface area (Å²) in [7, 11) is 1.31. The van der Waals surface area contributed by atoms with E-state index in [1.165, 1.54) is 7.05 Å². The first kappa shape index (κ1) is 8.27. The van der Waals surface area contributed by atoms with Crippen LogP contribution in [0.15, 0.2) is 10.9 Å². The minimum Gasteiger partial charge on any atom is -0.384 e. The molecule has 1 heterocycles. The SMILES string of the molecule is Cn1c(N)c(C#N)cc(F)c1=O. The number of aromatic nitrogens is 1. The Morgan fingerprint density at radius 1 is 1.75 bits per heavy atom. The van der Waals surface area contributed by atoms with Gasteiger partial charge >= 0.3 is 0 Å². The molecule has 0 bridgehead atoms. The fraction of sp³-hybridized carbons (Fsp3) is 0.143. The molecule has 0 radical (unpaired) electrons. The Bertz CT molecular complexity index is 416. The van der Waals surface area contributed by atoms with Crippen molar-refractivity contribution in [2.45, 2.75) is 0 Å².